The van der Waals surface area contributed by atoms with Crippen LogP contribution in [0.2, 0.25) is 0 Å². The van der Waals surface area contributed by atoms with E-state index in [4.69, 9.17) is 14.2 Å². The topological polar surface area (TPSA) is 77.9 Å². The Morgan fingerprint density at radius 3 is 2.29 bits per heavy atom. The summed E-state index contributed by atoms with van der Waals surface area (Å²) in [5.41, 5.74) is 2.14. The first-order valence-corrected chi connectivity index (χ1v) is 10.3. The average molecular weight is 427 g/mol. The highest BCUT2D eigenvalue weighted by atomic mass is 16.5. The van der Waals surface area contributed by atoms with E-state index >= 15 is 0 Å². The summed E-state index contributed by atoms with van der Waals surface area (Å²) in [6, 6.07) is 9.04. The zero-order chi connectivity index (χ0) is 22.4. The minimum atomic E-state index is -0.271. The van der Waals surface area contributed by atoms with E-state index in [1.54, 1.807) is 12.1 Å². The number of rotatable bonds is 10. The second-order valence-electron chi connectivity index (χ2n) is 7.04. The first-order valence-electron chi connectivity index (χ1n) is 10.3. The van der Waals surface area contributed by atoms with Gasteiger partial charge >= 0.3 is 0 Å². The van der Waals surface area contributed by atoms with Crippen LogP contribution in [-0.2, 0) is 6.54 Å². The van der Waals surface area contributed by atoms with Crippen molar-refractivity contribution in [2.24, 2.45) is 0 Å². The van der Waals surface area contributed by atoms with Gasteiger partial charge in [0.05, 0.1) is 39.6 Å². The third-order valence-corrected chi connectivity index (χ3v) is 5.35. The molecule has 0 unspecified atom stereocenters. The number of methoxy groups -OCH3 is 3. The maximum absolute atomic E-state index is 12.8. The summed E-state index contributed by atoms with van der Waals surface area (Å²) < 4.78 is 18.0. The maximum Gasteiger partial charge on any atom is 0.255 e. The lowest BCUT2D eigenvalue weighted by atomic mass is 10.1. The number of likely N-dealkylation sites (N-methyl/N-ethyl adjacent to an activating group) is 1. The van der Waals surface area contributed by atoms with Crippen LogP contribution in [0.1, 0.15) is 24.2 Å². The van der Waals surface area contributed by atoms with Gasteiger partial charge < -0.3 is 24.4 Å². The number of amides is 1. The smallest absolute Gasteiger partial charge is 0.255 e. The fourth-order valence-corrected chi connectivity index (χ4v) is 3.53. The Bertz CT molecular complexity index is 1020. The second-order valence-corrected chi connectivity index (χ2v) is 7.04. The van der Waals surface area contributed by atoms with Gasteiger partial charge in [-0.3, -0.25) is 9.48 Å². The van der Waals surface area contributed by atoms with Crippen molar-refractivity contribution in [3.05, 3.63) is 42.1 Å². The molecule has 3 aromatic rings. The minimum Gasteiger partial charge on any atom is -0.493 e. The summed E-state index contributed by atoms with van der Waals surface area (Å²) in [5.74, 6) is 1.03. The van der Waals surface area contributed by atoms with E-state index in [0.29, 0.717) is 28.5 Å². The largest absolute Gasteiger partial charge is 0.493 e. The average Bonchev–Trinajstić information content (AvgIpc) is 3.20. The highest BCUT2D eigenvalue weighted by Crippen LogP contribution is 2.38. The Kier molecular flexibility index (Phi) is 7.36. The molecule has 3 rings (SSSR count). The number of carbonyl (C=O) groups excluding carboxylic acids is 1. The molecule has 1 N–H and O–H groups in total. The number of nitrogens with one attached hydrogen (secondary N) is 1. The standard InChI is InChI=1S/C23H30N4O4/c1-6-26(7-2)10-11-27-19-9-8-18(12-17(19)15-24-27)25-23(28)16-13-20(29-3)22(31-5)21(14-16)30-4/h8-9,12-15H,6-7,10-11H2,1-5H3,(H,25,28). The van der Waals surface area contributed by atoms with E-state index in [-0.39, 0.29) is 5.91 Å². The van der Waals surface area contributed by atoms with Crippen LogP contribution in [0.25, 0.3) is 10.9 Å². The van der Waals surface area contributed by atoms with Crippen molar-refractivity contribution in [2.75, 3.05) is 46.3 Å². The fraction of sp³-hybridized carbons (Fsp3) is 0.391. The van der Waals surface area contributed by atoms with E-state index in [0.717, 1.165) is 37.1 Å². The van der Waals surface area contributed by atoms with Gasteiger partial charge in [-0.1, -0.05) is 13.8 Å². The van der Waals surface area contributed by atoms with E-state index < -0.39 is 0 Å². The molecule has 0 aliphatic heterocycles. The van der Waals surface area contributed by atoms with Gasteiger partial charge in [0.2, 0.25) is 5.75 Å². The van der Waals surface area contributed by atoms with Gasteiger partial charge in [0.25, 0.3) is 5.91 Å². The zero-order valence-corrected chi connectivity index (χ0v) is 18.8. The molecule has 0 radical (unpaired) electrons. The first-order chi connectivity index (χ1) is 15.0. The van der Waals surface area contributed by atoms with E-state index in [1.807, 2.05) is 29.1 Å². The van der Waals surface area contributed by atoms with Crippen LogP contribution < -0.4 is 19.5 Å². The lowest BCUT2D eigenvalue weighted by molar-refractivity contribution is 0.102. The van der Waals surface area contributed by atoms with Crippen molar-refractivity contribution in [1.82, 2.24) is 14.7 Å². The predicted molar refractivity (Wildman–Crippen MR) is 122 cm³/mol. The lowest BCUT2D eigenvalue weighted by Crippen LogP contribution is -2.27. The van der Waals surface area contributed by atoms with Crippen LogP contribution in [0.15, 0.2) is 36.5 Å². The van der Waals surface area contributed by atoms with Crippen LogP contribution in [0.5, 0.6) is 17.2 Å². The molecule has 8 heteroatoms. The molecule has 166 valence electrons. The van der Waals surface area contributed by atoms with Crippen LogP contribution in [0.4, 0.5) is 5.69 Å². The first kappa shape index (κ1) is 22.4. The van der Waals surface area contributed by atoms with Crippen molar-refractivity contribution in [3.63, 3.8) is 0 Å². The molecule has 1 heterocycles. The van der Waals surface area contributed by atoms with Crippen LogP contribution >= 0.6 is 0 Å². The van der Waals surface area contributed by atoms with Gasteiger partial charge in [-0.25, -0.2) is 0 Å². The SMILES string of the molecule is CCN(CC)CCn1ncc2cc(NC(=O)c3cc(OC)c(OC)c(OC)c3)ccc21. The number of hydrogen-bond donors (Lipinski definition) is 1. The molecule has 0 saturated carbocycles. The summed E-state index contributed by atoms with van der Waals surface area (Å²) >= 11 is 0. The number of nitrogens with zero attached hydrogens (tertiary/aromatic N) is 3. The number of fused-ring (bicyclic) bond motifs is 1. The van der Waals surface area contributed by atoms with Gasteiger partial charge in [0.15, 0.2) is 11.5 Å². The van der Waals surface area contributed by atoms with Crippen LogP contribution in [-0.4, -0.2) is 61.6 Å². The third kappa shape index (κ3) is 4.91. The molecule has 31 heavy (non-hydrogen) atoms. The molecular weight excluding hydrogens is 396 g/mol. The number of benzene rings is 2. The molecule has 0 saturated heterocycles. The summed E-state index contributed by atoms with van der Waals surface area (Å²) in [6.45, 7) is 8.13. The Morgan fingerprint density at radius 2 is 1.71 bits per heavy atom. The summed E-state index contributed by atoms with van der Waals surface area (Å²) in [6.07, 6.45) is 1.83. The van der Waals surface area contributed by atoms with Crippen molar-refractivity contribution >= 4 is 22.5 Å². The van der Waals surface area contributed by atoms with Gasteiger partial charge in [0.1, 0.15) is 0 Å². The molecule has 1 aromatic heterocycles. The zero-order valence-electron chi connectivity index (χ0n) is 18.8. The van der Waals surface area contributed by atoms with Crippen molar-refractivity contribution in [1.29, 1.82) is 0 Å². The third-order valence-electron chi connectivity index (χ3n) is 5.35. The number of anilines is 1. The van der Waals surface area contributed by atoms with E-state index in [9.17, 15) is 4.79 Å². The minimum absolute atomic E-state index is 0.271. The normalized spacial score (nSPS) is 11.0. The molecule has 8 nitrogen and oxygen atoms in total. The summed E-state index contributed by atoms with van der Waals surface area (Å²) in [5, 5.41) is 8.42. The van der Waals surface area contributed by atoms with E-state index in [1.165, 1.54) is 21.3 Å². The Balaban J connectivity index is 1.78. The lowest BCUT2D eigenvalue weighted by Gasteiger charge is -2.17. The summed E-state index contributed by atoms with van der Waals surface area (Å²) in [4.78, 5) is 15.2. The highest BCUT2D eigenvalue weighted by Gasteiger charge is 2.17. The number of hydrogen-bond acceptors (Lipinski definition) is 6. The molecular formula is C23H30N4O4. The molecule has 0 aliphatic carbocycles. The predicted octanol–water partition coefficient (Wildman–Crippen LogP) is 3.66. The van der Waals surface area contributed by atoms with E-state index in [2.05, 4.69) is 29.2 Å². The fourth-order valence-electron chi connectivity index (χ4n) is 3.53. The molecule has 0 aliphatic rings. The maximum atomic E-state index is 12.8. The number of aromatic nitrogens is 2. The monoisotopic (exact) mass is 426 g/mol. The Hall–Kier alpha value is -3.26. The number of carbonyl (C=O) groups is 1. The van der Waals surface area contributed by atoms with Crippen molar-refractivity contribution in [3.8, 4) is 17.2 Å². The van der Waals surface area contributed by atoms with Gasteiger partial charge in [0, 0.05) is 23.2 Å². The Morgan fingerprint density at radius 1 is 1.03 bits per heavy atom. The van der Waals surface area contributed by atoms with Crippen LogP contribution in [0.3, 0.4) is 0 Å². The van der Waals surface area contributed by atoms with Gasteiger partial charge in [-0.15, -0.1) is 0 Å². The van der Waals surface area contributed by atoms with Crippen LogP contribution in [0, 0.1) is 0 Å². The molecule has 0 atom stereocenters. The second kappa shape index (κ2) is 10.2. The molecule has 0 fully saturated rings. The van der Waals surface area contributed by atoms with Crippen molar-refractivity contribution < 1.29 is 19.0 Å². The Labute approximate surface area is 182 Å². The quantitative estimate of drug-likeness (QED) is 0.533. The molecule has 1 amide bonds. The molecule has 0 spiro atoms. The summed E-state index contributed by atoms with van der Waals surface area (Å²) in [7, 11) is 4.56. The van der Waals surface area contributed by atoms with Gasteiger partial charge in [-0.05, 0) is 43.4 Å². The molecule has 0 bridgehead atoms. The number of ether oxygens (including phenoxy) is 3. The highest BCUT2D eigenvalue weighted by molar-refractivity contribution is 6.05. The van der Waals surface area contributed by atoms with Crippen molar-refractivity contribution in [2.45, 2.75) is 20.4 Å². The van der Waals surface area contributed by atoms with Gasteiger partial charge in [-0.2, -0.15) is 5.10 Å². The molecule has 2 aromatic carbocycles.